The highest BCUT2D eigenvalue weighted by Crippen LogP contribution is 2.42. The van der Waals surface area contributed by atoms with E-state index < -0.39 is 22.8 Å². The van der Waals surface area contributed by atoms with E-state index in [2.05, 4.69) is 5.32 Å². The van der Waals surface area contributed by atoms with Gasteiger partial charge in [0.05, 0.1) is 34.3 Å². The van der Waals surface area contributed by atoms with E-state index in [0.717, 1.165) is 18.9 Å². The van der Waals surface area contributed by atoms with E-state index in [1.165, 1.54) is 13.1 Å². The van der Waals surface area contributed by atoms with Crippen LogP contribution in [-0.4, -0.2) is 53.9 Å². The number of halogens is 2. The number of aromatic carboxylic acids is 1. The zero-order valence-corrected chi connectivity index (χ0v) is 17.0. The minimum atomic E-state index is -1.36. The summed E-state index contributed by atoms with van der Waals surface area (Å²) in [5.74, 6) is -2.24. The number of nitrogens with zero attached hydrogens (tertiary/aromatic N) is 2. The first kappa shape index (κ1) is 20.6. The number of carbonyl (C=O) groups is 2. The molecule has 1 aliphatic carbocycles. The number of carbonyl (C=O) groups excluding carboxylic acids is 1. The van der Waals surface area contributed by atoms with Gasteiger partial charge in [0.25, 0.3) is 0 Å². The van der Waals surface area contributed by atoms with Crippen molar-refractivity contribution in [3.8, 4) is 0 Å². The van der Waals surface area contributed by atoms with Crippen LogP contribution < -0.4 is 15.6 Å². The molecule has 1 saturated carbocycles. The van der Waals surface area contributed by atoms with Crippen LogP contribution in [0.5, 0.6) is 0 Å². The Labute approximate surface area is 176 Å². The molecule has 0 radical (unpaired) electrons. The van der Waals surface area contributed by atoms with Gasteiger partial charge in [0.2, 0.25) is 11.3 Å². The second-order valence-corrected chi connectivity index (χ2v) is 7.99. The number of morpholine rings is 1. The average molecular weight is 438 g/mol. The van der Waals surface area contributed by atoms with Crippen molar-refractivity contribution in [3.05, 3.63) is 38.9 Å². The number of ether oxygens (including phenoxy) is 1. The standard InChI is InChI=1S/C20H21ClFN3O5/c1-10(26)23-7-12-8-24(4-5-30-12)18-15(22)6-13-17(16(18)21)25(11-2-3-11)9-14(19(13)27)20(28)29/h6,9,11-12H,2-5,7-8H2,1H3,(H,23,26)(H,28,29). The van der Waals surface area contributed by atoms with E-state index in [4.69, 9.17) is 16.3 Å². The van der Waals surface area contributed by atoms with E-state index >= 15 is 4.39 Å². The van der Waals surface area contributed by atoms with Gasteiger partial charge in [-0.2, -0.15) is 0 Å². The lowest BCUT2D eigenvalue weighted by Crippen LogP contribution is -2.47. The number of amides is 1. The summed E-state index contributed by atoms with van der Waals surface area (Å²) in [5, 5.41) is 12.1. The second kappa shape index (κ2) is 7.88. The van der Waals surface area contributed by atoms with Crippen LogP contribution in [0.3, 0.4) is 0 Å². The minimum Gasteiger partial charge on any atom is -0.477 e. The highest BCUT2D eigenvalue weighted by Gasteiger charge is 2.31. The van der Waals surface area contributed by atoms with Gasteiger partial charge in [-0.05, 0) is 18.9 Å². The molecular weight excluding hydrogens is 417 g/mol. The molecule has 2 N–H and O–H groups in total. The van der Waals surface area contributed by atoms with Crippen LogP contribution in [0.1, 0.15) is 36.2 Å². The topological polar surface area (TPSA) is 101 Å². The number of hydrogen-bond donors (Lipinski definition) is 2. The van der Waals surface area contributed by atoms with Crippen molar-refractivity contribution in [3.63, 3.8) is 0 Å². The summed E-state index contributed by atoms with van der Waals surface area (Å²) in [5.41, 5.74) is -0.667. The number of aromatic nitrogens is 1. The van der Waals surface area contributed by atoms with E-state index in [1.54, 1.807) is 9.47 Å². The molecule has 10 heteroatoms. The van der Waals surface area contributed by atoms with Gasteiger partial charge >= 0.3 is 5.97 Å². The Bertz CT molecular complexity index is 1100. The molecule has 160 valence electrons. The molecule has 2 heterocycles. The van der Waals surface area contributed by atoms with Crippen molar-refractivity contribution < 1.29 is 23.8 Å². The number of rotatable bonds is 5. The maximum atomic E-state index is 15.1. The maximum absolute atomic E-state index is 15.1. The molecule has 1 saturated heterocycles. The second-order valence-electron chi connectivity index (χ2n) is 7.61. The van der Waals surface area contributed by atoms with Crippen LogP contribution in [-0.2, 0) is 9.53 Å². The van der Waals surface area contributed by atoms with Crippen LogP contribution in [0.25, 0.3) is 10.9 Å². The number of hydrogen-bond acceptors (Lipinski definition) is 5. The molecule has 0 bridgehead atoms. The number of anilines is 1. The fourth-order valence-electron chi connectivity index (χ4n) is 3.82. The Morgan fingerprint density at radius 3 is 2.77 bits per heavy atom. The number of carboxylic acid groups (broad SMARTS) is 1. The van der Waals surface area contributed by atoms with Crippen molar-refractivity contribution in [2.24, 2.45) is 0 Å². The summed E-state index contributed by atoms with van der Waals surface area (Å²) >= 11 is 6.64. The van der Waals surface area contributed by atoms with Crippen molar-refractivity contribution in [2.45, 2.75) is 31.9 Å². The van der Waals surface area contributed by atoms with Gasteiger partial charge in [0, 0.05) is 38.8 Å². The molecule has 1 unspecified atom stereocenters. The van der Waals surface area contributed by atoms with Crippen molar-refractivity contribution in [2.75, 3.05) is 31.1 Å². The molecule has 2 aliphatic rings. The zero-order valence-electron chi connectivity index (χ0n) is 16.3. The Balaban J connectivity index is 1.81. The largest absolute Gasteiger partial charge is 0.477 e. The van der Waals surface area contributed by atoms with Crippen LogP contribution >= 0.6 is 11.6 Å². The van der Waals surface area contributed by atoms with Gasteiger partial charge in [-0.1, -0.05) is 11.6 Å². The van der Waals surface area contributed by atoms with Crippen LogP contribution in [0.15, 0.2) is 17.1 Å². The molecular formula is C20H21ClFN3O5. The Morgan fingerprint density at radius 2 is 2.13 bits per heavy atom. The van der Waals surface area contributed by atoms with Crippen LogP contribution in [0.4, 0.5) is 10.1 Å². The Morgan fingerprint density at radius 1 is 1.40 bits per heavy atom. The van der Waals surface area contributed by atoms with Crippen LogP contribution in [0.2, 0.25) is 5.02 Å². The summed E-state index contributed by atoms with van der Waals surface area (Å²) in [6, 6.07) is 1.10. The molecule has 2 fully saturated rings. The van der Waals surface area contributed by atoms with E-state index in [-0.39, 0.29) is 40.7 Å². The van der Waals surface area contributed by atoms with Gasteiger partial charge in [-0.25, -0.2) is 9.18 Å². The van der Waals surface area contributed by atoms with Crippen molar-refractivity contribution in [1.82, 2.24) is 9.88 Å². The molecule has 2 aromatic rings. The first-order valence-electron chi connectivity index (χ1n) is 9.69. The summed E-state index contributed by atoms with van der Waals surface area (Å²) in [6.07, 6.45) is 2.62. The summed E-state index contributed by atoms with van der Waals surface area (Å²) in [7, 11) is 0. The molecule has 1 aliphatic heterocycles. The third kappa shape index (κ3) is 3.75. The molecule has 0 spiro atoms. The maximum Gasteiger partial charge on any atom is 0.341 e. The third-order valence-corrected chi connectivity index (χ3v) is 5.75. The van der Waals surface area contributed by atoms with Gasteiger partial charge in [0.1, 0.15) is 11.4 Å². The number of fused-ring (bicyclic) bond motifs is 1. The lowest BCUT2D eigenvalue weighted by molar-refractivity contribution is -0.119. The van der Waals surface area contributed by atoms with Gasteiger partial charge in [0.15, 0.2) is 0 Å². The Hall–Kier alpha value is -2.65. The molecule has 8 nitrogen and oxygen atoms in total. The summed E-state index contributed by atoms with van der Waals surface area (Å²) in [4.78, 5) is 37.1. The summed E-state index contributed by atoms with van der Waals surface area (Å²) in [6.45, 7) is 2.71. The molecule has 4 rings (SSSR count). The highest BCUT2D eigenvalue weighted by atomic mass is 35.5. The minimum absolute atomic E-state index is 0.0271. The molecule has 1 atom stereocenters. The molecule has 1 aromatic carbocycles. The fraction of sp³-hybridized carbons (Fsp3) is 0.450. The number of pyridine rings is 1. The average Bonchev–Trinajstić information content (AvgIpc) is 3.52. The highest BCUT2D eigenvalue weighted by molar-refractivity contribution is 6.38. The van der Waals surface area contributed by atoms with Gasteiger partial charge in [-0.3, -0.25) is 9.59 Å². The SMILES string of the molecule is CC(=O)NCC1CN(c2c(F)cc3c(=O)c(C(=O)O)cn(C4CC4)c3c2Cl)CCO1. The zero-order chi connectivity index (χ0) is 21.6. The lowest BCUT2D eigenvalue weighted by Gasteiger charge is -2.35. The molecule has 1 amide bonds. The van der Waals surface area contributed by atoms with Crippen molar-refractivity contribution in [1.29, 1.82) is 0 Å². The summed E-state index contributed by atoms with van der Waals surface area (Å²) < 4.78 is 22.5. The van der Waals surface area contributed by atoms with Crippen molar-refractivity contribution >= 4 is 40.1 Å². The first-order valence-corrected chi connectivity index (χ1v) is 10.1. The predicted octanol–water partition coefficient (Wildman–Crippen LogP) is 2.17. The third-order valence-electron chi connectivity index (χ3n) is 5.39. The Kier molecular flexibility index (Phi) is 5.42. The number of nitrogens with one attached hydrogen (secondary N) is 1. The van der Waals surface area contributed by atoms with Gasteiger partial charge < -0.3 is 24.6 Å². The lowest BCUT2D eigenvalue weighted by atomic mass is 10.1. The first-order chi connectivity index (χ1) is 14.3. The fourth-order valence-corrected chi connectivity index (χ4v) is 4.23. The predicted molar refractivity (Wildman–Crippen MR) is 109 cm³/mol. The van der Waals surface area contributed by atoms with E-state index in [0.29, 0.717) is 25.2 Å². The quantitative estimate of drug-likeness (QED) is 0.743. The molecule has 1 aromatic heterocycles. The van der Waals surface area contributed by atoms with Crippen LogP contribution in [0, 0.1) is 5.82 Å². The molecule has 30 heavy (non-hydrogen) atoms. The van der Waals surface area contributed by atoms with E-state index in [9.17, 15) is 19.5 Å². The smallest absolute Gasteiger partial charge is 0.341 e. The normalized spacial score (nSPS) is 19.2. The number of benzene rings is 1. The van der Waals surface area contributed by atoms with Gasteiger partial charge in [-0.15, -0.1) is 0 Å². The van der Waals surface area contributed by atoms with E-state index in [1.807, 2.05) is 0 Å². The number of carboxylic acids is 1. The monoisotopic (exact) mass is 437 g/mol.